The van der Waals surface area contributed by atoms with Gasteiger partial charge in [-0.25, -0.2) is 9.18 Å². The molecular formula is C19H19FN2O3. The lowest BCUT2D eigenvalue weighted by atomic mass is 9.90. The number of hydrogen-bond acceptors (Lipinski definition) is 3. The zero-order chi connectivity index (χ0) is 18.2. The predicted molar refractivity (Wildman–Crippen MR) is 90.6 cm³/mol. The Labute approximate surface area is 145 Å². The van der Waals surface area contributed by atoms with E-state index in [9.17, 15) is 14.0 Å². The van der Waals surface area contributed by atoms with Gasteiger partial charge in [0.05, 0.1) is 13.7 Å². The molecular weight excluding hydrogens is 323 g/mol. The number of imide groups is 1. The standard InChI is InChI=1S/C19H19FN2O3/c1-12-10-14(8-9-16(12)25-3)19(2)17(23)22(18(24)21-19)11-13-6-4-5-7-15(13)20/h4-10H,11H2,1-3H3,(H,21,24). The van der Waals surface area contributed by atoms with E-state index in [-0.39, 0.29) is 6.54 Å². The summed E-state index contributed by atoms with van der Waals surface area (Å²) in [4.78, 5) is 26.3. The molecule has 0 aliphatic carbocycles. The van der Waals surface area contributed by atoms with Crippen LogP contribution in [0.5, 0.6) is 5.75 Å². The third-order valence-corrected chi connectivity index (χ3v) is 4.53. The number of ether oxygens (including phenoxy) is 1. The molecule has 1 aliphatic rings. The predicted octanol–water partition coefficient (Wildman–Crippen LogP) is 3.11. The van der Waals surface area contributed by atoms with Crippen LogP contribution >= 0.6 is 0 Å². The molecule has 2 aromatic rings. The summed E-state index contributed by atoms with van der Waals surface area (Å²) in [6.45, 7) is 3.40. The molecule has 2 aromatic carbocycles. The van der Waals surface area contributed by atoms with E-state index >= 15 is 0 Å². The van der Waals surface area contributed by atoms with Crippen molar-refractivity contribution < 1.29 is 18.7 Å². The van der Waals surface area contributed by atoms with Crippen molar-refractivity contribution in [2.75, 3.05) is 7.11 Å². The lowest BCUT2D eigenvalue weighted by Crippen LogP contribution is -2.40. The second kappa shape index (κ2) is 6.20. The molecule has 3 amide bonds. The van der Waals surface area contributed by atoms with Gasteiger partial charge in [-0.15, -0.1) is 0 Å². The van der Waals surface area contributed by atoms with Crippen LogP contribution in [0.1, 0.15) is 23.6 Å². The zero-order valence-electron chi connectivity index (χ0n) is 14.3. The van der Waals surface area contributed by atoms with Crippen molar-refractivity contribution in [2.24, 2.45) is 0 Å². The number of benzene rings is 2. The Morgan fingerprint density at radius 3 is 2.56 bits per heavy atom. The number of carbonyl (C=O) groups excluding carboxylic acids is 2. The van der Waals surface area contributed by atoms with Gasteiger partial charge in [-0.2, -0.15) is 0 Å². The highest BCUT2D eigenvalue weighted by Gasteiger charge is 2.49. The minimum absolute atomic E-state index is 0.109. The SMILES string of the molecule is COc1ccc(C2(C)NC(=O)N(Cc3ccccc3F)C2=O)cc1C. The Bertz CT molecular complexity index is 852. The minimum Gasteiger partial charge on any atom is -0.496 e. The third kappa shape index (κ3) is 2.84. The van der Waals surface area contributed by atoms with Crippen LogP contribution < -0.4 is 10.1 Å². The number of amides is 3. The number of carbonyl (C=O) groups is 2. The van der Waals surface area contributed by atoms with E-state index in [1.54, 1.807) is 44.4 Å². The van der Waals surface area contributed by atoms with E-state index in [4.69, 9.17) is 4.74 Å². The quantitative estimate of drug-likeness (QED) is 0.869. The Kier molecular flexibility index (Phi) is 4.20. The molecule has 5 nitrogen and oxygen atoms in total. The Hall–Kier alpha value is -2.89. The molecule has 1 fully saturated rings. The maximum Gasteiger partial charge on any atom is 0.325 e. The van der Waals surface area contributed by atoms with Gasteiger partial charge < -0.3 is 10.1 Å². The number of nitrogens with one attached hydrogen (secondary N) is 1. The van der Waals surface area contributed by atoms with E-state index in [0.29, 0.717) is 16.9 Å². The molecule has 1 aliphatic heterocycles. The highest BCUT2D eigenvalue weighted by Crippen LogP contribution is 2.32. The summed E-state index contributed by atoms with van der Waals surface area (Å²) >= 11 is 0. The molecule has 0 bridgehead atoms. The number of halogens is 1. The molecule has 130 valence electrons. The monoisotopic (exact) mass is 342 g/mol. The zero-order valence-corrected chi connectivity index (χ0v) is 14.3. The van der Waals surface area contributed by atoms with E-state index < -0.39 is 23.3 Å². The van der Waals surface area contributed by atoms with Crippen molar-refractivity contribution in [1.29, 1.82) is 0 Å². The lowest BCUT2D eigenvalue weighted by Gasteiger charge is -2.23. The summed E-state index contributed by atoms with van der Waals surface area (Å²) in [6.07, 6.45) is 0. The van der Waals surface area contributed by atoms with E-state index in [1.807, 2.05) is 13.0 Å². The second-order valence-corrected chi connectivity index (χ2v) is 6.22. The summed E-state index contributed by atoms with van der Waals surface area (Å²) in [5.41, 5.74) is 0.608. The number of hydrogen-bond donors (Lipinski definition) is 1. The molecule has 0 radical (unpaired) electrons. The third-order valence-electron chi connectivity index (χ3n) is 4.53. The van der Waals surface area contributed by atoms with Gasteiger partial charge in [0.15, 0.2) is 0 Å². The average molecular weight is 342 g/mol. The number of rotatable bonds is 4. The molecule has 25 heavy (non-hydrogen) atoms. The summed E-state index contributed by atoms with van der Waals surface area (Å²) in [7, 11) is 1.57. The maximum atomic E-state index is 13.9. The topological polar surface area (TPSA) is 58.6 Å². The molecule has 6 heteroatoms. The van der Waals surface area contributed by atoms with Crippen LogP contribution in [-0.4, -0.2) is 23.9 Å². The molecule has 1 N–H and O–H groups in total. The number of methoxy groups -OCH3 is 1. The Morgan fingerprint density at radius 1 is 1.20 bits per heavy atom. The number of aryl methyl sites for hydroxylation is 1. The van der Waals surface area contributed by atoms with E-state index in [2.05, 4.69) is 5.32 Å². The van der Waals surface area contributed by atoms with Crippen LogP contribution in [-0.2, 0) is 16.9 Å². The van der Waals surface area contributed by atoms with Gasteiger partial charge in [0.2, 0.25) is 0 Å². The van der Waals surface area contributed by atoms with Crippen LogP contribution in [0.4, 0.5) is 9.18 Å². The van der Waals surface area contributed by atoms with Crippen LogP contribution in [0.25, 0.3) is 0 Å². The van der Waals surface area contributed by atoms with Crippen LogP contribution in [0.2, 0.25) is 0 Å². The summed E-state index contributed by atoms with van der Waals surface area (Å²) in [5.74, 6) is -0.158. The van der Waals surface area contributed by atoms with Gasteiger partial charge in [0, 0.05) is 5.56 Å². The molecule has 0 saturated carbocycles. The van der Waals surface area contributed by atoms with Crippen LogP contribution in [0.3, 0.4) is 0 Å². The van der Waals surface area contributed by atoms with Crippen molar-refractivity contribution in [3.63, 3.8) is 0 Å². The average Bonchev–Trinajstić information content (AvgIpc) is 2.81. The summed E-state index contributed by atoms with van der Waals surface area (Å²) in [6, 6.07) is 10.9. The molecule has 3 rings (SSSR count). The van der Waals surface area contributed by atoms with Crippen LogP contribution in [0.15, 0.2) is 42.5 Å². The minimum atomic E-state index is -1.20. The first-order valence-electron chi connectivity index (χ1n) is 7.89. The summed E-state index contributed by atoms with van der Waals surface area (Å²) < 4.78 is 19.1. The number of nitrogens with zero attached hydrogens (tertiary/aromatic N) is 1. The fourth-order valence-electron chi connectivity index (χ4n) is 3.02. The Balaban J connectivity index is 1.92. The van der Waals surface area contributed by atoms with Gasteiger partial charge >= 0.3 is 6.03 Å². The normalized spacial score (nSPS) is 19.9. The summed E-state index contributed by atoms with van der Waals surface area (Å²) in [5, 5.41) is 2.73. The van der Waals surface area contributed by atoms with Gasteiger partial charge in [0.1, 0.15) is 17.1 Å². The van der Waals surface area contributed by atoms with Crippen molar-refractivity contribution in [3.8, 4) is 5.75 Å². The largest absolute Gasteiger partial charge is 0.496 e. The first kappa shape index (κ1) is 17.0. The van der Waals surface area contributed by atoms with Gasteiger partial charge in [0.25, 0.3) is 5.91 Å². The molecule has 0 aromatic heterocycles. The fraction of sp³-hybridized carbons (Fsp3) is 0.263. The number of urea groups is 1. The maximum absolute atomic E-state index is 13.9. The van der Waals surface area contributed by atoms with Crippen LogP contribution in [0, 0.1) is 12.7 Å². The van der Waals surface area contributed by atoms with E-state index in [0.717, 1.165) is 10.5 Å². The van der Waals surface area contributed by atoms with Gasteiger partial charge in [-0.3, -0.25) is 9.69 Å². The first-order chi connectivity index (χ1) is 11.9. The van der Waals surface area contributed by atoms with Crippen molar-refractivity contribution >= 4 is 11.9 Å². The highest BCUT2D eigenvalue weighted by molar-refractivity contribution is 6.07. The molecule has 1 atom stereocenters. The Morgan fingerprint density at radius 2 is 1.92 bits per heavy atom. The first-order valence-corrected chi connectivity index (χ1v) is 7.89. The molecule has 0 spiro atoms. The lowest BCUT2D eigenvalue weighted by molar-refractivity contribution is -0.131. The highest BCUT2D eigenvalue weighted by atomic mass is 19.1. The van der Waals surface area contributed by atoms with Crippen molar-refractivity contribution in [1.82, 2.24) is 10.2 Å². The molecule has 1 saturated heterocycles. The van der Waals surface area contributed by atoms with Crippen molar-refractivity contribution in [2.45, 2.75) is 25.9 Å². The second-order valence-electron chi connectivity index (χ2n) is 6.22. The fourth-order valence-corrected chi connectivity index (χ4v) is 3.02. The van der Waals surface area contributed by atoms with Gasteiger partial charge in [-0.1, -0.05) is 24.3 Å². The van der Waals surface area contributed by atoms with Gasteiger partial charge in [-0.05, 0) is 43.2 Å². The van der Waals surface area contributed by atoms with E-state index in [1.165, 1.54) is 6.07 Å². The van der Waals surface area contributed by atoms with Crippen molar-refractivity contribution in [3.05, 3.63) is 65.0 Å². The molecule has 1 unspecified atom stereocenters. The smallest absolute Gasteiger partial charge is 0.325 e. The molecule has 1 heterocycles.